The Hall–Kier alpha value is -1.99. The third-order valence-electron chi connectivity index (χ3n) is 3.30. The lowest BCUT2D eigenvalue weighted by molar-refractivity contribution is -0.697. The van der Waals surface area contributed by atoms with Crippen LogP contribution in [0.1, 0.15) is 11.1 Å². The van der Waals surface area contributed by atoms with Gasteiger partial charge in [-0.25, -0.2) is 8.96 Å². The normalized spacial score (nSPS) is 11.4. The Morgan fingerprint density at radius 2 is 1.91 bits per heavy atom. The molecule has 0 saturated carbocycles. The molecule has 0 amide bonds. The van der Waals surface area contributed by atoms with Gasteiger partial charge in [-0.2, -0.15) is 8.42 Å². The summed E-state index contributed by atoms with van der Waals surface area (Å²) in [7, 11) is -3.95. The van der Waals surface area contributed by atoms with Crippen LogP contribution >= 0.6 is 0 Å². The lowest BCUT2D eigenvalue weighted by atomic mass is 10.2. The number of aromatic nitrogens is 1. The van der Waals surface area contributed by atoms with E-state index in [9.17, 15) is 12.8 Å². The molecule has 0 fully saturated rings. The summed E-state index contributed by atoms with van der Waals surface area (Å²) in [6.45, 7) is 2.66. The molecule has 0 unspecified atom stereocenters. The Morgan fingerprint density at radius 1 is 1.22 bits per heavy atom. The van der Waals surface area contributed by atoms with Gasteiger partial charge in [0.2, 0.25) is 0 Å². The maximum Gasteiger partial charge on any atom is 0.265 e. The number of nitrogens with zero attached hydrogens (tertiary/aromatic N) is 1. The molecule has 5 nitrogen and oxygen atoms in total. The Balaban J connectivity index is 1.84. The van der Waals surface area contributed by atoms with E-state index in [1.807, 2.05) is 11.5 Å². The van der Waals surface area contributed by atoms with E-state index >= 15 is 0 Å². The van der Waals surface area contributed by atoms with Crippen molar-refractivity contribution in [3.63, 3.8) is 0 Å². The first-order valence-corrected chi connectivity index (χ1v) is 8.76. The zero-order valence-corrected chi connectivity index (χ0v) is 13.6. The topological polar surface area (TPSA) is 67.5 Å². The molecule has 1 heterocycles. The SMILES string of the molecule is Cc1ccc(OCC[n+]2ccc(CCS(=O)(=O)O)cc2)c(F)c1. The zero-order chi connectivity index (χ0) is 16.9. The Bertz CT molecular complexity index is 760. The Kier molecular flexibility index (Phi) is 5.68. The quantitative estimate of drug-likeness (QED) is 0.618. The van der Waals surface area contributed by atoms with E-state index < -0.39 is 10.1 Å². The molecular formula is C16H19FNO4S+. The molecule has 0 bridgehead atoms. The van der Waals surface area contributed by atoms with Gasteiger partial charge in [0.1, 0.15) is 6.61 Å². The van der Waals surface area contributed by atoms with Crippen molar-refractivity contribution in [3.05, 3.63) is 59.7 Å². The van der Waals surface area contributed by atoms with Gasteiger partial charge in [-0.3, -0.25) is 4.55 Å². The highest BCUT2D eigenvalue weighted by molar-refractivity contribution is 7.85. The number of benzene rings is 1. The molecule has 0 atom stereocenters. The highest BCUT2D eigenvalue weighted by atomic mass is 32.2. The van der Waals surface area contributed by atoms with E-state index in [1.165, 1.54) is 6.07 Å². The fourth-order valence-corrected chi connectivity index (χ4v) is 2.53. The van der Waals surface area contributed by atoms with Crippen LogP contribution in [0.15, 0.2) is 42.7 Å². The molecule has 1 aromatic heterocycles. The third-order valence-corrected chi connectivity index (χ3v) is 4.02. The van der Waals surface area contributed by atoms with Crippen LogP contribution in [0.3, 0.4) is 0 Å². The van der Waals surface area contributed by atoms with Crippen LogP contribution in [0.5, 0.6) is 5.75 Å². The largest absolute Gasteiger partial charge is 0.484 e. The summed E-state index contributed by atoms with van der Waals surface area (Å²) in [6.07, 6.45) is 3.83. The number of aryl methyl sites for hydroxylation is 2. The van der Waals surface area contributed by atoms with E-state index in [2.05, 4.69) is 0 Å². The molecule has 0 aliphatic rings. The fraction of sp³-hybridized carbons (Fsp3) is 0.312. The second-order valence-corrected chi connectivity index (χ2v) is 6.83. The first kappa shape index (κ1) is 17.4. The minimum absolute atomic E-state index is 0.223. The van der Waals surface area contributed by atoms with Gasteiger partial charge in [-0.05, 0) is 36.6 Å². The maximum absolute atomic E-state index is 13.6. The molecule has 0 radical (unpaired) electrons. The van der Waals surface area contributed by atoms with Gasteiger partial charge in [0.05, 0.1) is 5.75 Å². The van der Waals surface area contributed by atoms with E-state index in [1.54, 1.807) is 36.7 Å². The van der Waals surface area contributed by atoms with Crippen LogP contribution in [-0.4, -0.2) is 25.3 Å². The predicted octanol–water partition coefficient (Wildman–Crippen LogP) is 1.93. The predicted molar refractivity (Wildman–Crippen MR) is 83.4 cm³/mol. The van der Waals surface area contributed by atoms with Crippen molar-refractivity contribution in [1.82, 2.24) is 0 Å². The third kappa shape index (κ3) is 5.96. The van der Waals surface area contributed by atoms with Crippen LogP contribution in [0.4, 0.5) is 4.39 Å². The zero-order valence-electron chi connectivity index (χ0n) is 12.8. The van der Waals surface area contributed by atoms with E-state index in [0.717, 1.165) is 11.1 Å². The van der Waals surface area contributed by atoms with E-state index in [-0.39, 0.29) is 23.7 Å². The molecule has 2 aromatic rings. The van der Waals surface area contributed by atoms with Crippen molar-refractivity contribution < 1.29 is 26.7 Å². The summed E-state index contributed by atoms with van der Waals surface area (Å²) >= 11 is 0. The van der Waals surface area contributed by atoms with E-state index in [0.29, 0.717) is 13.2 Å². The number of hydrogen-bond acceptors (Lipinski definition) is 3. The highest BCUT2D eigenvalue weighted by Crippen LogP contribution is 2.17. The van der Waals surface area contributed by atoms with Crippen molar-refractivity contribution in [2.75, 3.05) is 12.4 Å². The van der Waals surface area contributed by atoms with Crippen molar-refractivity contribution in [2.45, 2.75) is 19.9 Å². The molecule has 0 spiro atoms. The summed E-state index contributed by atoms with van der Waals surface area (Å²) in [4.78, 5) is 0. The van der Waals surface area contributed by atoms with Crippen LogP contribution in [0, 0.1) is 12.7 Å². The summed E-state index contributed by atoms with van der Waals surface area (Å²) in [5, 5.41) is 0. The number of ether oxygens (including phenoxy) is 1. The summed E-state index contributed by atoms with van der Waals surface area (Å²) in [6, 6.07) is 8.37. The average Bonchev–Trinajstić information content (AvgIpc) is 2.48. The van der Waals surface area contributed by atoms with Gasteiger partial charge in [0.25, 0.3) is 10.1 Å². The molecule has 0 saturated heterocycles. The van der Waals surface area contributed by atoms with Gasteiger partial charge in [-0.15, -0.1) is 0 Å². The molecule has 2 rings (SSSR count). The standard InChI is InChI=1S/C16H18FNO4S/c1-13-2-3-16(15(17)12-13)22-10-9-18-7-4-14(5-8-18)6-11-23(19,20)21/h2-5,7-8,12H,6,9-11H2,1H3/p+1. The number of rotatable bonds is 7. The van der Waals surface area contributed by atoms with Crippen LogP contribution in [0.2, 0.25) is 0 Å². The second kappa shape index (κ2) is 7.52. The monoisotopic (exact) mass is 340 g/mol. The lowest BCUT2D eigenvalue weighted by Crippen LogP contribution is -2.35. The van der Waals surface area contributed by atoms with Crippen LogP contribution in [-0.2, 0) is 23.1 Å². The molecule has 1 N–H and O–H groups in total. The number of halogens is 1. The van der Waals surface area contributed by atoms with Gasteiger partial charge >= 0.3 is 0 Å². The Labute approximate surface area is 135 Å². The molecule has 0 aliphatic heterocycles. The van der Waals surface area contributed by atoms with Crippen LogP contribution in [0.25, 0.3) is 0 Å². The van der Waals surface area contributed by atoms with Gasteiger partial charge in [0.15, 0.2) is 30.5 Å². The van der Waals surface area contributed by atoms with Gasteiger partial charge in [0, 0.05) is 12.1 Å². The Morgan fingerprint density at radius 3 is 2.52 bits per heavy atom. The second-order valence-electron chi connectivity index (χ2n) is 5.26. The summed E-state index contributed by atoms with van der Waals surface area (Å²) < 4.78 is 51.0. The van der Waals surface area contributed by atoms with E-state index in [4.69, 9.17) is 9.29 Å². The van der Waals surface area contributed by atoms with Crippen molar-refractivity contribution in [2.24, 2.45) is 0 Å². The summed E-state index contributed by atoms with van der Waals surface area (Å²) in [5.74, 6) is -0.455. The minimum Gasteiger partial charge on any atom is -0.484 e. The van der Waals surface area contributed by atoms with Gasteiger partial charge in [-0.1, -0.05) is 6.07 Å². The molecular weight excluding hydrogens is 321 g/mol. The van der Waals surface area contributed by atoms with Gasteiger partial charge < -0.3 is 4.74 Å². The first-order valence-electron chi connectivity index (χ1n) is 7.15. The molecule has 7 heteroatoms. The first-order chi connectivity index (χ1) is 10.8. The van der Waals surface area contributed by atoms with Crippen molar-refractivity contribution in [1.29, 1.82) is 0 Å². The highest BCUT2D eigenvalue weighted by Gasteiger charge is 2.08. The molecule has 0 aliphatic carbocycles. The maximum atomic E-state index is 13.6. The van der Waals surface area contributed by atoms with Crippen LogP contribution < -0.4 is 9.30 Å². The number of hydrogen-bond donors (Lipinski definition) is 1. The van der Waals surface area contributed by atoms with Crippen molar-refractivity contribution in [3.8, 4) is 5.75 Å². The van der Waals surface area contributed by atoms with Crippen molar-refractivity contribution >= 4 is 10.1 Å². The smallest absolute Gasteiger partial charge is 0.265 e. The number of pyridine rings is 1. The summed E-state index contributed by atoms with van der Waals surface area (Å²) in [5.41, 5.74) is 1.65. The average molecular weight is 340 g/mol. The molecule has 124 valence electrons. The minimum atomic E-state index is -3.95. The fourth-order valence-electron chi connectivity index (χ4n) is 2.03. The molecule has 1 aromatic carbocycles. The molecule has 23 heavy (non-hydrogen) atoms. The lowest BCUT2D eigenvalue weighted by Gasteiger charge is -2.06.